The monoisotopic (exact) mass is 340 g/mol. The fraction of sp³-hybridized carbons (Fsp3) is 0.0500. The molecule has 3 aromatic rings. The number of carbonyl (C=O) groups excluding carboxylic acids is 1. The summed E-state index contributed by atoms with van der Waals surface area (Å²) >= 11 is 12.0. The third-order valence-corrected chi connectivity index (χ3v) is 4.32. The Morgan fingerprint density at radius 2 is 0.957 bits per heavy atom. The Hall–Kier alpha value is -2.09. The summed E-state index contributed by atoms with van der Waals surface area (Å²) in [4.78, 5) is 10.9. The van der Waals surface area contributed by atoms with Gasteiger partial charge in [0.2, 0.25) is 0 Å². The van der Waals surface area contributed by atoms with Crippen LogP contribution < -0.4 is 0 Å². The Bertz CT molecular complexity index is 745. The van der Waals surface area contributed by atoms with E-state index in [0.717, 1.165) is 23.0 Å². The van der Waals surface area contributed by atoms with Crippen LogP contribution in [0.15, 0.2) is 72.8 Å². The molecular weight excluding hydrogens is 327 g/mol. The van der Waals surface area contributed by atoms with Gasteiger partial charge in [-0.2, -0.15) is 0 Å². The molecule has 0 atom stereocenters. The molecule has 0 saturated heterocycles. The quantitative estimate of drug-likeness (QED) is 0.421. The fourth-order valence-corrected chi connectivity index (χ4v) is 2.91. The summed E-state index contributed by atoms with van der Waals surface area (Å²) in [6.07, 6.45) is 0.851. The maximum absolute atomic E-state index is 10.9. The average Bonchev–Trinajstić information content (AvgIpc) is 2.59. The molecule has 23 heavy (non-hydrogen) atoms. The van der Waals surface area contributed by atoms with Gasteiger partial charge < -0.3 is 0 Å². The summed E-state index contributed by atoms with van der Waals surface area (Å²) in [6.45, 7) is 0. The van der Waals surface area contributed by atoms with E-state index in [0.29, 0.717) is 15.6 Å². The second-order valence-corrected chi connectivity index (χ2v) is 6.19. The summed E-state index contributed by atoms with van der Waals surface area (Å²) in [5.74, 6) is 0.0604. The van der Waals surface area contributed by atoms with Crippen LogP contribution in [0.4, 0.5) is 0 Å². The average molecular weight is 341 g/mol. The van der Waals surface area contributed by atoms with E-state index in [2.05, 4.69) is 0 Å². The molecule has 0 aliphatic rings. The van der Waals surface area contributed by atoms with E-state index in [1.807, 2.05) is 72.8 Å². The Morgan fingerprint density at radius 3 is 1.30 bits per heavy atom. The van der Waals surface area contributed by atoms with Gasteiger partial charge in [0, 0.05) is 21.5 Å². The van der Waals surface area contributed by atoms with Gasteiger partial charge in [-0.3, -0.25) is 4.79 Å². The molecule has 0 saturated carbocycles. The predicted octanol–water partition coefficient (Wildman–Crippen LogP) is 5.99. The minimum atomic E-state index is 0.0604. The molecule has 0 bridgehead atoms. The van der Waals surface area contributed by atoms with Gasteiger partial charge in [0.1, 0.15) is 6.29 Å². The number of halogens is 2. The van der Waals surface area contributed by atoms with E-state index in [1.165, 1.54) is 0 Å². The number of hydrogen-bond acceptors (Lipinski definition) is 1. The van der Waals surface area contributed by atoms with Gasteiger partial charge in [-0.15, -0.1) is 0 Å². The highest BCUT2D eigenvalue weighted by Gasteiger charge is 2.16. The smallest absolute Gasteiger partial charge is 0.150 e. The molecule has 0 heterocycles. The van der Waals surface area contributed by atoms with E-state index in [-0.39, 0.29) is 5.92 Å². The molecule has 0 unspecified atom stereocenters. The topological polar surface area (TPSA) is 17.1 Å². The molecule has 3 heteroatoms. The van der Waals surface area contributed by atoms with Gasteiger partial charge >= 0.3 is 0 Å². The van der Waals surface area contributed by atoms with Crippen molar-refractivity contribution in [3.05, 3.63) is 105 Å². The maximum atomic E-state index is 10.9. The molecule has 0 aliphatic heterocycles. The van der Waals surface area contributed by atoms with Crippen molar-refractivity contribution in [2.45, 2.75) is 5.92 Å². The molecule has 3 aromatic carbocycles. The number of rotatable bonds is 4. The largest absolute Gasteiger partial charge is 0.298 e. The van der Waals surface area contributed by atoms with Gasteiger partial charge in [0.05, 0.1) is 0 Å². The van der Waals surface area contributed by atoms with Crippen molar-refractivity contribution in [2.24, 2.45) is 0 Å². The standard InChI is InChI=1S/C20H14Cl2O/c21-18-9-5-16(6-10-18)20(17-7-11-19(22)12-8-17)15-3-1-14(13-23)2-4-15/h1-13,20H. The van der Waals surface area contributed by atoms with E-state index in [1.54, 1.807) is 0 Å². The first-order chi connectivity index (χ1) is 11.2. The number of carbonyl (C=O) groups is 1. The first-order valence-electron chi connectivity index (χ1n) is 7.23. The summed E-state index contributed by atoms with van der Waals surface area (Å²) in [7, 11) is 0. The summed E-state index contributed by atoms with van der Waals surface area (Å²) in [5, 5.41) is 1.42. The zero-order valence-corrected chi connectivity index (χ0v) is 13.8. The SMILES string of the molecule is O=Cc1ccc(C(c2ccc(Cl)cc2)c2ccc(Cl)cc2)cc1. The summed E-state index contributed by atoms with van der Waals surface area (Å²) < 4.78 is 0. The highest BCUT2D eigenvalue weighted by atomic mass is 35.5. The lowest BCUT2D eigenvalue weighted by atomic mass is 9.85. The molecule has 0 spiro atoms. The molecule has 0 aromatic heterocycles. The fourth-order valence-electron chi connectivity index (χ4n) is 2.65. The normalized spacial score (nSPS) is 10.7. The van der Waals surface area contributed by atoms with Gasteiger partial charge in [-0.1, -0.05) is 71.7 Å². The van der Waals surface area contributed by atoms with Gasteiger partial charge in [0.25, 0.3) is 0 Å². The Balaban J connectivity index is 2.10. The van der Waals surface area contributed by atoms with Crippen molar-refractivity contribution >= 4 is 29.5 Å². The molecule has 0 radical (unpaired) electrons. The Kier molecular flexibility index (Phi) is 4.80. The predicted molar refractivity (Wildman–Crippen MR) is 95.7 cm³/mol. The second-order valence-electron chi connectivity index (χ2n) is 5.32. The Morgan fingerprint density at radius 1 is 0.609 bits per heavy atom. The van der Waals surface area contributed by atoms with Crippen LogP contribution in [0.2, 0.25) is 10.0 Å². The van der Waals surface area contributed by atoms with Crippen molar-refractivity contribution in [3.63, 3.8) is 0 Å². The van der Waals surface area contributed by atoms with Crippen molar-refractivity contribution in [2.75, 3.05) is 0 Å². The molecule has 0 fully saturated rings. The molecule has 3 rings (SSSR count). The maximum Gasteiger partial charge on any atom is 0.150 e. The van der Waals surface area contributed by atoms with Crippen molar-refractivity contribution < 1.29 is 4.79 Å². The summed E-state index contributed by atoms with van der Waals surface area (Å²) in [6, 6.07) is 23.3. The third-order valence-electron chi connectivity index (χ3n) is 3.81. The van der Waals surface area contributed by atoms with E-state index in [4.69, 9.17) is 23.2 Å². The first-order valence-corrected chi connectivity index (χ1v) is 7.99. The van der Waals surface area contributed by atoms with Gasteiger partial charge in [0.15, 0.2) is 0 Å². The van der Waals surface area contributed by atoms with Gasteiger partial charge in [-0.05, 0) is 41.0 Å². The van der Waals surface area contributed by atoms with Crippen molar-refractivity contribution in [1.29, 1.82) is 0 Å². The lowest BCUT2D eigenvalue weighted by Gasteiger charge is -2.19. The van der Waals surface area contributed by atoms with Gasteiger partial charge in [-0.25, -0.2) is 0 Å². The van der Waals surface area contributed by atoms with Crippen LogP contribution in [-0.2, 0) is 0 Å². The Labute approximate surface area is 145 Å². The van der Waals surface area contributed by atoms with Crippen LogP contribution in [-0.4, -0.2) is 6.29 Å². The molecule has 1 nitrogen and oxygen atoms in total. The number of hydrogen-bond donors (Lipinski definition) is 0. The molecule has 0 amide bonds. The van der Waals surface area contributed by atoms with Crippen LogP contribution in [0, 0.1) is 0 Å². The second kappa shape index (κ2) is 6.99. The zero-order valence-electron chi connectivity index (χ0n) is 12.2. The summed E-state index contributed by atoms with van der Waals surface area (Å²) in [5.41, 5.74) is 4.05. The van der Waals surface area contributed by atoms with Crippen LogP contribution in [0.1, 0.15) is 33.0 Å². The molecule has 0 N–H and O–H groups in total. The van der Waals surface area contributed by atoms with Crippen molar-refractivity contribution in [1.82, 2.24) is 0 Å². The number of aldehydes is 1. The highest BCUT2D eigenvalue weighted by molar-refractivity contribution is 6.30. The van der Waals surface area contributed by atoms with E-state index in [9.17, 15) is 4.79 Å². The third kappa shape index (κ3) is 3.64. The van der Waals surface area contributed by atoms with E-state index < -0.39 is 0 Å². The lowest BCUT2D eigenvalue weighted by molar-refractivity contribution is 0.112. The zero-order chi connectivity index (χ0) is 16.2. The minimum Gasteiger partial charge on any atom is -0.298 e. The van der Waals surface area contributed by atoms with Crippen molar-refractivity contribution in [3.8, 4) is 0 Å². The molecule has 114 valence electrons. The first kappa shape index (κ1) is 15.8. The minimum absolute atomic E-state index is 0.0604. The molecular formula is C20H14Cl2O. The van der Waals surface area contributed by atoms with Crippen LogP contribution >= 0.6 is 23.2 Å². The lowest BCUT2D eigenvalue weighted by Crippen LogP contribution is -2.03. The number of benzene rings is 3. The van der Waals surface area contributed by atoms with E-state index >= 15 is 0 Å². The van der Waals surface area contributed by atoms with Crippen LogP contribution in [0.5, 0.6) is 0 Å². The molecule has 0 aliphatic carbocycles. The van der Waals surface area contributed by atoms with Crippen LogP contribution in [0.3, 0.4) is 0 Å². The van der Waals surface area contributed by atoms with Crippen LogP contribution in [0.25, 0.3) is 0 Å². The highest BCUT2D eigenvalue weighted by Crippen LogP contribution is 2.33.